The second-order valence-electron chi connectivity index (χ2n) is 10.6. The Balaban J connectivity index is 1.26. The van der Waals surface area contributed by atoms with E-state index in [1.54, 1.807) is 60.7 Å². The Labute approximate surface area is 263 Å². The maximum atomic E-state index is 13.7. The first-order valence-corrected chi connectivity index (χ1v) is 15.6. The second-order valence-corrected chi connectivity index (χ2v) is 12.8. The maximum Gasteiger partial charge on any atom is 0.419 e. The first-order chi connectivity index (χ1) is 21.9. The van der Waals surface area contributed by atoms with Gasteiger partial charge in [0.15, 0.2) is 0 Å². The number of nitrogens with zero attached hydrogens (tertiary/aromatic N) is 1. The lowest BCUT2D eigenvalue weighted by Gasteiger charge is -2.07. The third-order valence-corrected chi connectivity index (χ3v) is 10.2. The first kappa shape index (κ1) is 27.1. The van der Waals surface area contributed by atoms with Crippen molar-refractivity contribution in [3.8, 4) is 0 Å². The van der Waals surface area contributed by atoms with Gasteiger partial charge in [-0.15, -0.1) is 22.7 Å². The number of allylic oxidation sites excluding steroid dienone is 2. The number of benzene rings is 3. The molecule has 0 aliphatic heterocycles. The molecule has 0 saturated heterocycles. The molecule has 0 unspecified atom stereocenters. The van der Waals surface area contributed by atoms with E-state index < -0.39 is 29.2 Å². The van der Waals surface area contributed by atoms with Crippen molar-refractivity contribution in [1.82, 2.24) is 4.57 Å². The van der Waals surface area contributed by atoms with Crippen LogP contribution in [0, 0.1) is 0 Å². The molecule has 0 amide bonds. The zero-order valence-corrected chi connectivity index (χ0v) is 24.9. The van der Waals surface area contributed by atoms with E-state index in [2.05, 4.69) is 0 Å². The van der Waals surface area contributed by atoms with Gasteiger partial charge >= 0.3 is 6.09 Å². The molecule has 0 fully saturated rings. The normalized spacial score (nSPS) is 16.0. The fourth-order valence-corrected chi connectivity index (χ4v) is 8.17. The minimum absolute atomic E-state index is 0.0731. The summed E-state index contributed by atoms with van der Waals surface area (Å²) in [4.78, 5) is 66.0. The zero-order chi connectivity index (χ0) is 30.8. The van der Waals surface area contributed by atoms with Gasteiger partial charge in [0.25, 0.3) is 0 Å². The molecular weight excluding hydrogens is 607 g/mol. The van der Waals surface area contributed by atoms with E-state index in [1.165, 1.54) is 27.2 Å². The van der Waals surface area contributed by atoms with Crippen LogP contribution in [0.15, 0.2) is 91.0 Å². The average Bonchev–Trinajstić information content (AvgIpc) is 3.83. The third kappa shape index (κ3) is 4.28. The molecule has 0 saturated carbocycles. The SMILES string of the molecule is O=C1C(=O)c2ccccc2/C1=C/c1cc2c(s1)c1sc(/C=C3\C(=O)C(=O)c4ccccc43)cc1n2C(=O)OCc1ccccc1. The number of fused-ring (bicyclic) bond motifs is 5. The number of ketones is 4. The van der Waals surface area contributed by atoms with Crippen LogP contribution in [0.3, 0.4) is 0 Å². The number of rotatable bonds is 4. The summed E-state index contributed by atoms with van der Waals surface area (Å²) in [5.41, 5.74) is 4.60. The van der Waals surface area contributed by atoms with Gasteiger partial charge in [-0.2, -0.15) is 0 Å². The van der Waals surface area contributed by atoms with Crippen molar-refractivity contribution in [1.29, 1.82) is 0 Å². The highest BCUT2D eigenvalue weighted by Crippen LogP contribution is 2.43. The predicted molar refractivity (Wildman–Crippen MR) is 175 cm³/mol. The minimum atomic E-state index is -0.581. The highest BCUT2D eigenvalue weighted by atomic mass is 32.1. The molecule has 0 bridgehead atoms. The number of hydrogen-bond acceptors (Lipinski definition) is 8. The van der Waals surface area contributed by atoms with Gasteiger partial charge in [-0.1, -0.05) is 78.9 Å². The molecule has 0 radical (unpaired) electrons. The van der Waals surface area contributed by atoms with E-state index in [-0.39, 0.29) is 6.61 Å². The van der Waals surface area contributed by atoms with Gasteiger partial charge in [0, 0.05) is 32.0 Å². The van der Waals surface area contributed by atoms with Gasteiger partial charge in [-0.25, -0.2) is 9.36 Å². The molecule has 0 spiro atoms. The Kier molecular flexibility index (Phi) is 6.19. The van der Waals surface area contributed by atoms with Crippen LogP contribution in [0.1, 0.15) is 47.2 Å². The van der Waals surface area contributed by atoms with Crippen LogP contribution in [-0.2, 0) is 20.9 Å². The van der Waals surface area contributed by atoms with Gasteiger partial charge < -0.3 is 4.74 Å². The molecule has 6 aromatic rings. The van der Waals surface area contributed by atoms with Crippen LogP contribution in [0.5, 0.6) is 0 Å². The zero-order valence-electron chi connectivity index (χ0n) is 23.2. The molecule has 0 atom stereocenters. The second kappa shape index (κ2) is 10.3. The molecule has 7 nitrogen and oxygen atoms in total. The summed E-state index contributed by atoms with van der Waals surface area (Å²) in [5, 5.41) is 0. The Hall–Kier alpha value is -5.51. The number of hydrogen-bond donors (Lipinski definition) is 0. The molecule has 3 aromatic heterocycles. The van der Waals surface area contributed by atoms with Gasteiger partial charge in [0.1, 0.15) is 6.61 Å². The van der Waals surface area contributed by atoms with E-state index in [9.17, 15) is 24.0 Å². The monoisotopic (exact) mass is 625 g/mol. The van der Waals surface area contributed by atoms with Gasteiger partial charge in [0.2, 0.25) is 23.1 Å². The number of ether oxygens (including phenoxy) is 1. The highest BCUT2D eigenvalue weighted by Gasteiger charge is 2.34. The number of thiophene rings is 2. The average molecular weight is 626 g/mol. The van der Waals surface area contributed by atoms with Crippen molar-refractivity contribution >= 4 is 95.6 Å². The molecular formula is C36H19NO6S2. The lowest BCUT2D eigenvalue weighted by Crippen LogP contribution is -2.12. The molecule has 2 aliphatic rings. The van der Waals surface area contributed by atoms with Gasteiger partial charge in [-0.3, -0.25) is 19.2 Å². The first-order valence-electron chi connectivity index (χ1n) is 14.0. The topological polar surface area (TPSA) is 99.5 Å². The van der Waals surface area contributed by atoms with Crippen molar-refractivity contribution in [2.75, 3.05) is 0 Å². The fourth-order valence-electron chi connectivity index (χ4n) is 5.85. The lowest BCUT2D eigenvalue weighted by molar-refractivity contribution is -0.110. The maximum absolute atomic E-state index is 13.7. The standard InChI is InChI=1S/C36H19NO6S2/c38-30-24-12-6-4-10-22(24)26(32(30)40)14-20-16-28-34(44-20)35-29(37(28)36(42)43-18-19-8-2-1-3-9-19)17-21(45-35)15-27-23-11-5-7-13-25(23)31(39)33(27)41/h1-17H,18H2/b26-14-,27-15-. The van der Waals surface area contributed by atoms with Crippen LogP contribution in [0.25, 0.3) is 43.7 Å². The van der Waals surface area contributed by atoms with Crippen LogP contribution in [0.4, 0.5) is 4.79 Å². The summed E-state index contributed by atoms with van der Waals surface area (Å²) in [6.45, 7) is 0.0731. The van der Waals surface area contributed by atoms with Crippen LogP contribution >= 0.6 is 22.7 Å². The molecule has 3 aromatic carbocycles. The highest BCUT2D eigenvalue weighted by molar-refractivity contribution is 7.28. The van der Waals surface area contributed by atoms with Crippen LogP contribution in [-0.4, -0.2) is 33.8 Å². The minimum Gasteiger partial charge on any atom is -0.444 e. The van der Waals surface area contributed by atoms with Crippen molar-refractivity contribution in [2.24, 2.45) is 0 Å². The van der Waals surface area contributed by atoms with E-state index in [4.69, 9.17) is 4.74 Å². The summed E-state index contributed by atoms with van der Waals surface area (Å²) in [6.07, 6.45) is 2.81. The quantitative estimate of drug-likeness (QED) is 0.147. The number of carbonyl (C=O) groups excluding carboxylic acids is 5. The molecule has 45 heavy (non-hydrogen) atoms. The van der Waals surface area contributed by atoms with Crippen molar-refractivity contribution in [2.45, 2.75) is 6.61 Å². The summed E-state index contributed by atoms with van der Waals surface area (Å²) in [6, 6.07) is 26.8. The summed E-state index contributed by atoms with van der Waals surface area (Å²) in [7, 11) is 0. The molecule has 216 valence electrons. The van der Waals surface area contributed by atoms with Crippen LogP contribution < -0.4 is 0 Å². The predicted octanol–water partition coefficient (Wildman–Crippen LogP) is 7.71. The largest absolute Gasteiger partial charge is 0.444 e. The molecule has 3 heterocycles. The third-order valence-electron chi connectivity index (χ3n) is 7.94. The van der Waals surface area contributed by atoms with Crippen molar-refractivity contribution < 1.29 is 28.7 Å². The Morgan fingerprint density at radius 1 is 0.600 bits per heavy atom. The van der Waals surface area contributed by atoms with Gasteiger partial charge in [-0.05, 0) is 41.0 Å². The Morgan fingerprint density at radius 3 is 1.53 bits per heavy atom. The summed E-state index contributed by atoms with van der Waals surface area (Å²) < 4.78 is 8.82. The molecule has 2 aliphatic carbocycles. The Bertz CT molecular complexity index is 2230. The fraction of sp³-hybridized carbons (Fsp3) is 0.0278. The van der Waals surface area contributed by atoms with E-state index >= 15 is 0 Å². The van der Waals surface area contributed by atoms with Gasteiger partial charge in [0.05, 0.1) is 20.4 Å². The Morgan fingerprint density at radius 2 is 1.04 bits per heavy atom. The number of aromatic nitrogens is 1. The number of carbonyl (C=O) groups is 5. The smallest absolute Gasteiger partial charge is 0.419 e. The van der Waals surface area contributed by atoms with Crippen molar-refractivity contribution in [3.05, 3.63) is 129 Å². The van der Waals surface area contributed by atoms with E-state index in [0.717, 1.165) is 15.0 Å². The summed E-state index contributed by atoms with van der Waals surface area (Å²) >= 11 is 2.78. The molecule has 9 heteroatoms. The van der Waals surface area contributed by atoms with E-state index in [1.807, 2.05) is 42.5 Å². The molecule has 8 rings (SSSR count). The summed E-state index contributed by atoms with van der Waals surface area (Å²) in [5.74, 6) is -2.20. The van der Waals surface area contributed by atoms with E-state index in [0.29, 0.717) is 54.2 Å². The van der Waals surface area contributed by atoms with Crippen molar-refractivity contribution in [3.63, 3.8) is 0 Å². The lowest BCUT2D eigenvalue weighted by atomic mass is 10.1. The molecule has 0 N–H and O–H groups in total. The number of Topliss-reactive ketones (excluding diaryl/α,β-unsaturated/α-hetero) is 4. The van der Waals surface area contributed by atoms with Crippen LogP contribution in [0.2, 0.25) is 0 Å².